The van der Waals surface area contributed by atoms with Crippen molar-refractivity contribution in [2.24, 2.45) is 0 Å². The summed E-state index contributed by atoms with van der Waals surface area (Å²) in [6.07, 6.45) is 0. The third-order valence-electron chi connectivity index (χ3n) is 0.844. The van der Waals surface area contributed by atoms with Gasteiger partial charge in [0.2, 0.25) is 0 Å². The molecule has 0 heterocycles. The smallest absolute Gasteiger partial charge is 0.282 e. The third kappa shape index (κ3) is 6.22. The van der Waals surface area contributed by atoms with Crippen LogP contribution in [0.1, 0.15) is 0 Å². The van der Waals surface area contributed by atoms with Gasteiger partial charge in [-0.3, -0.25) is 4.18 Å². The molecule has 0 amide bonds. The van der Waals surface area contributed by atoms with Gasteiger partial charge < -0.3 is 5.11 Å². The normalized spacial score (nSPS) is 13.1. The first-order chi connectivity index (χ1) is 5.83. The molecule has 0 saturated carbocycles. The Balaban J connectivity index is 4.36. The van der Waals surface area contributed by atoms with E-state index in [0.717, 1.165) is 0 Å². The average Bonchev–Trinajstić information content (AvgIpc) is 1.99. The predicted molar refractivity (Wildman–Crippen MR) is 46.5 cm³/mol. The maximum absolute atomic E-state index is 10.8. The Morgan fingerprint density at radius 3 is 2.15 bits per heavy atom. The largest absolute Gasteiger partial charge is 0.394 e. The van der Waals surface area contributed by atoms with Crippen LogP contribution in [0.25, 0.3) is 0 Å². The first-order valence-corrected chi connectivity index (χ1v) is 7.00. The van der Waals surface area contributed by atoms with Crippen molar-refractivity contribution in [1.29, 1.82) is 0 Å². The van der Waals surface area contributed by atoms with Gasteiger partial charge in [0.1, 0.15) is 5.21 Å². The Morgan fingerprint density at radius 2 is 1.77 bits per heavy atom. The molecule has 1 N–H and O–H groups in total. The van der Waals surface area contributed by atoms with Gasteiger partial charge in [-0.25, -0.2) is 8.42 Å². The number of alkyl halides is 1. The van der Waals surface area contributed by atoms with E-state index in [4.69, 9.17) is 16.7 Å². The van der Waals surface area contributed by atoms with Crippen LogP contribution in [0.2, 0.25) is 0 Å². The Morgan fingerprint density at radius 1 is 1.23 bits per heavy atom. The fourth-order valence-corrected chi connectivity index (χ4v) is 3.63. The van der Waals surface area contributed by atoms with E-state index in [0.29, 0.717) is 0 Å². The molecule has 13 heavy (non-hydrogen) atoms. The topological polar surface area (TPSA) is 97.7 Å². The highest BCUT2D eigenvalue weighted by Gasteiger charge is 2.21. The van der Waals surface area contributed by atoms with Crippen LogP contribution in [0.15, 0.2) is 0 Å². The summed E-state index contributed by atoms with van der Waals surface area (Å²) in [5.41, 5.74) is 0. The molecular formula is C4H9ClO6S2. The second-order valence-corrected chi connectivity index (χ2v) is 6.73. The zero-order valence-corrected chi connectivity index (χ0v) is 8.90. The van der Waals surface area contributed by atoms with Gasteiger partial charge in [-0.1, -0.05) is 0 Å². The van der Waals surface area contributed by atoms with Crippen molar-refractivity contribution < 1.29 is 26.1 Å². The highest BCUT2D eigenvalue weighted by molar-refractivity contribution is 8.06. The van der Waals surface area contributed by atoms with Crippen molar-refractivity contribution in [3.05, 3.63) is 0 Å². The van der Waals surface area contributed by atoms with E-state index in [1.54, 1.807) is 0 Å². The highest BCUT2D eigenvalue weighted by atomic mass is 35.5. The molecule has 0 aliphatic carbocycles. The van der Waals surface area contributed by atoms with Crippen molar-refractivity contribution in [2.75, 3.05) is 23.5 Å². The fourth-order valence-electron chi connectivity index (χ4n) is 0.450. The van der Waals surface area contributed by atoms with Gasteiger partial charge in [0, 0.05) is 0 Å². The maximum Gasteiger partial charge on any atom is 0.282 e. The zero-order chi connectivity index (χ0) is 10.5. The standard InChI is InChI=1S/C4H9ClO6S2/c5-3-12(7,8)4-13(9,10)11-2-1-6/h6H,1-4H2. The van der Waals surface area contributed by atoms with Crippen LogP contribution in [0, 0.1) is 0 Å². The molecule has 0 rings (SSSR count). The number of aliphatic hydroxyl groups excluding tert-OH is 1. The lowest BCUT2D eigenvalue weighted by molar-refractivity contribution is 0.206. The Kier molecular flexibility index (Phi) is 5.15. The van der Waals surface area contributed by atoms with E-state index < -0.39 is 43.5 Å². The van der Waals surface area contributed by atoms with Crippen LogP contribution >= 0.6 is 11.6 Å². The molecule has 0 aromatic rings. The van der Waals surface area contributed by atoms with Crippen molar-refractivity contribution in [3.63, 3.8) is 0 Å². The molecule has 80 valence electrons. The summed E-state index contributed by atoms with van der Waals surface area (Å²) in [4.78, 5) is 0. The first kappa shape index (κ1) is 13.1. The summed E-state index contributed by atoms with van der Waals surface area (Å²) in [6, 6.07) is 0. The molecule has 0 aliphatic rings. The quantitative estimate of drug-likeness (QED) is 0.476. The number of hydrogen-bond donors (Lipinski definition) is 1. The van der Waals surface area contributed by atoms with Crippen LogP contribution < -0.4 is 0 Å². The summed E-state index contributed by atoms with van der Waals surface area (Å²) in [5.74, 6) is 0. The molecule has 0 unspecified atom stereocenters. The number of hydrogen-bond acceptors (Lipinski definition) is 6. The number of rotatable bonds is 6. The Labute approximate surface area is 81.5 Å². The second-order valence-electron chi connectivity index (χ2n) is 2.07. The summed E-state index contributed by atoms with van der Waals surface area (Å²) in [5, 5.41) is 6.27. The predicted octanol–water partition coefficient (Wildman–Crippen LogP) is -1.11. The monoisotopic (exact) mass is 252 g/mol. The van der Waals surface area contributed by atoms with Crippen LogP contribution in [-0.4, -0.2) is 45.5 Å². The summed E-state index contributed by atoms with van der Waals surface area (Å²) in [6.45, 7) is -0.958. The van der Waals surface area contributed by atoms with Crippen LogP contribution in [0.4, 0.5) is 0 Å². The Bertz CT molecular complexity index is 330. The van der Waals surface area contributed by atoms with Crippen LogP contribution in [-0.2, 0) is 24.1 Å². The third-order valence-corrected chi connectivity index (χ3v) is 5.29. The van der Waals surface area contributed by atoms with Crippen LogP contribution in [0.3, 0.4) is 0 Å². The number of sulfone groups is 1. The lowest BCUT2D eigenvalue weighted by Crippen LogP contribution is -2.20. The van der Waals surface area contributed by atoms with Gasteiger partial charge in [0.15, 0.2) is 14.9 Å². The fraction of sp³-hybridized carbons (Fsp3) is 1.00. The van der Waals surface area contributed by atoms with Crippen molar-refractivity contribution in [2.45, 2.75) is 0 Å². The molecule has 0 fully saturated rings. The Hall–Kier alpha value is 0.110. The zero-order valence-electron chi connectivity index (χ0n) is 6.51. The minimum Gasteiger partial charge on any atom is -0.394 e. The van der Waals surface area contributed by atoms with Gasteiger partial charge in [0.05, 0.1) is 13.2 Å². The van der Waals surface area contributed by atoms with Gasteiger partial charge in [0.25, 0.3) is 10.1 Å². The molecule has 0 aromatic carbocycles. The minimum atomic E-state index is -4.15. The van der Waals surface area contributed by atoms with E-state index in [9.17, 15) is 16.8 Å². The van der Waals surface area contributed by atoms with E-state index in [-0.39, 0.29) is 0 Å². The number of aliphatic hydroxyl groups is 1. The van der Waals surface area contributed by atoms with E-state index in [1.165, 1.54) is 0 Å². The van der Waals surface area contributed by atoms with Gasteiger partial charge in [-0.15, -0.1) is 11.6 Å². The molecule has 0 aromatic heterocycles. The minimum absolute atomic E-state index is 0.458. The highest BCUT2D eigenvalue weighted by Crippen LogP contribution is 2.02. The molecule has 0 bridgehead atoms. The van der Waals surface area contributed by atoms with Gasteiger partial charge in [-0.05, 0) is 0 Å². The first-order valence-electron chi connectivity index (χ1n) is 3.07. The van der Waals surface area contributed by atoms with E-state index in [2.05, 4.69) is 4.18 Å². The average molecular weight is 253 g/mol. The SMILES string of the molecule is O=S(=O)(CCl)CS(=O)(=O)OCCO. The molecule has 0 spiro atoms. The summed E-state index contributed by atoms with van der Waals surface area (Å²) >= 11 is 4.98. The molecule has 6 nitrogen and oxygen atoms in total. The van der Waals surface area contributed by atoms with Crippen LogP contribution in [0.5, 0.6) is 0 Å². The lowest BCUT2D eigenvalue weighted by Gasteiger charge is -2.02. The summed E-state index contributed by atoms with van der Waals surface area (Å²) in [7, 11) is -7.98. The van der Waals surface area contributed by atoms with E-state index in [1.807, 2.05) is 0 Å². The molecule has 9 heteroatoms. The summed E-state index contributed by atoms with van der Waals surface area (Å²) < 4.78 is 47.1. The van der Waals surface area contributed by atoms with Crippen molar-refractivity contribution in [1.82, 2.24) is 0 Å². The lowest BCUT2D eigenvalue weighted by atomic mass is 10.8. The number of halogens is 1. The molecule has 0 radical (unpaired) electrons. The van der Waals surface area contributed by atoms with E-state index >= 15 is 0 Å². The van der Waals surface area contributed by atoms with Gasteiger partial charge >= 0.3 is 0 Å². The molecule has 0 saturated heterocycles. The van der Waals surface area contributed by atoms with Crippen molar-refractivity contribution in [3.8, 4) is 0 Å². The molecule has 0 atom stereocenters. The van der Waals surface area contributed by atoms with Crippen molar-refractivity contribution >= 4 is 31.6 Å². The second kappa shape index (κ2) is 5.11. The molecule has 0 aliphatic heterocycles. The maximum atomic E-state index is 10.8. The van der Waals surface area contributed by atoms with Gasteiger partial charge in [-0.2, -0.15) is 8.42 Å². The molecular weight excluding hydrogens is 244 g/mol.